The van der Waals surface area contributed by atoms with Crippen molar-refractivity contribution in [1.82, 2.24) is 0 Å². The number of hydrogen-bond donors (Lipinski definition) is 1. The van der Waals surface area contributed by atoms with Crippen molar-refractivity contribution >= 4 is 17.3 Å². The fourth-order valence-electron chi connectivity index (χ4n) is 2.03. The van der Waals surface area contributed by atoms with Crippen LogP contribution in [0.1, 0.15) is 5.56 Å². The first-order valence-corrected chi connectivity index (χ1v) is 6.84. The van der Waals surface area contributed by atoms with Crippen LogP contribution in [-0.4, -0.2) is 21.3 Å². The first-order valence-electron chi connectivity index (χ1n) is 6.46. The summed E-state index contributed by atoms with van der Waals surface area (Å²) in [7, 11) is 4.87. The highest BCUT2D eigenvalue weighted by Gasteiger charge is 2.07. The molecule has 0 saturated carbocycles. The molecular formula is C16H18ClNO3. The zero-order chi connectivity index (χ0) is 15.2. The number of methoxy groups -OCH3 is 3. The first-order chi connectivity index (χ1) is 10.2. The van der Waals surface area contributed by atoms with E-state index in [9.17, 15) is 0 Å². The average Bonchev–Trinajstić information content (AvgIpc) is 2.52. The van der Waals surface area contributed by atoms with Gasteiger partial charge in [-0.25, -0.2) is 0 Å². The number of anilines is 1. The summed E-state index contributed by atoms with van der Waals surface area (Å²) in [6.07, 6.45) is 0. The molecule has 0 fully saturated rings. The van der Waals surface area contributed by atoms with Crippen LogP contribution in [-0.2, 0) is 6.54 Å². The van der Waals surface area contributed by atoms with Crippen molar-refractivity contribution in [2.24, 2.45) is 0 Å². The van der Waals surface area contributed by atoms with E-state index in [2.05, 4.69) is 5.32 Å². The van der Waals surface area contributed by atoms with E-state index in [0.29, 0.717) is 23.1 Å². The molecule has 0 atom stereocenters. The minimum absolute atomic E-state index is 0.596. The van der Waals surface area contributed by atoms with Crippen LogP contribution in [0, 0.1) is 0 Å². The SMILES string of the molecule is COc1ccc(Cl)cc1CNc1ccc(OC)c(OC)c1. The molecule has 0 aliphatic rings. The van der Waals surface area contributed by atoms with E-state index in [0.717, 1.165) is 17.0 Å². The lowest BCUT2D eigenvalue weighted by Crippen LogP contribution is -2.02. The summed E-state index contributed by atoms with van der Waals surface area (Å²) in [6, 6.07) is 11.2. The van der Waals surface area contributed by atoms with E-state index < -0.39 is 0 Å². The normalized spacial score (nSPS) is 10.1. The molecule has 1 N–H and O–H groups in total. The number of ether oxygens (including phenoxy) is 3. The number of benzene rings is 2. The standard InChI is InChI=1S/C16H18ClNO3/c1-19-14-6-4-12(17)8-11(14)10-18-13-5-7-15(20-2)16(9-13)21-3/h4-9,18H,10H2,1-3H3. The Balaban J connectivity index is 2.14. The van der Waals surface area contributed by atoms with Crippen LogP contribution < -0.4 is 19.5 Å². The number of nitrogens with one attached hydrogen (secondary N) is 1. The van der Waals surface area contributed by atoms with Gasteiger partial charge in [-0.15, -0.1) is 0 Å². The van der Waals surface area contributed by atoms with Gasteiger partial charge in [-0.3, -0.25) is 0 Å². The van der Waals surface area contributed by atoms with Crippen LogP contribution in [0.4, 0.5) is 5.69 Å². The van der Waals surface area contributed by atoms with Crippen molar-refractivity contribution in [2.75, 3.05) is 26.6 Å². The summed E-state index contributed by atoms with van der Waals surface area (Å²) in [5.41, 5.74) is 1.91. The lowest BCUT2D eigenvalue weighted by atomic mass is 10.2. The predicted octanol–water partition coefficient (Wildman–Crippen LogP) is 3.98. The minimum atomic E-state index is 0.596. The van der Waals surface area contributed by atoms with Crippen LogP contribution in [0.25, 0.3) is 0 Å². The maximum absolute atomic E-state index is 6.02. The Morgan fingerprint density at radius 1 is 0.857 bits per heavy atom. The second kappa shape index (κ2) is 7.09. The van der Waals surface area contributed by atoms with Gasteiger partial charge in [-0.2, -0.15) is 0 Å². The number of halogens is 1. The van der Waals surface area contributed by atoms with Gasteiger partial charge >= 0.3 is 0 Å². The molecular weight excluding hydrogens is 290 g/mol. The average molecular weight is 308 g/mol. The first kappa shape index (κ1) is 15.3. The third kappa shape index (κ3) is 3.73. The van der Waals surface area contributed by atoms with Gasteiger partial charge < -0.3 is 19.5 Å². The summed E-state index contributed by atoms with van der Waals surface area (Å²) < 4.78 is 15.8. The summed E-state index contributed by atoms with van der Waals surface area (Å²) >= 11 is 6.02. The molecule has 5 heteroatoms. The fourth-order valence-corrected chi connectivity index (χ4v) is 2.22. The highest BCUT2D eigenvalue weighted by molar-refractivity contribution is 6.30. The Bertz CT molecular complexity index is 616. The van der Waals surface area contributed by atoms with Crippen LogP contribution in [0.3, 0.4) is 0 Å². The highest BCUT2D eigenvalue weighted by atomic mass is 35.5. The van der Waals surface area contributed by atoms with E-state index in [1.165, 1.54) is 0 Å². The molecule has 2 aromatic rings. The Kier molecular flexibility index (Phi) is 5.17. The minimum Gasteiger partial charge on any atom is -0.496 e. The van der Waals surface area contributed by atoms with Crippen molar-refractivity contribution < 1.29 is 14.2 Å². The van der Waals surface area contributed by atoms with Crippen molar-refractivity contribution in [3.8, 4) is 17.2 Å². The van der Waals surface area contributed by atoms with E-state index in [1.807, 2.05) is 30.3 Å². The Labute approximate surface area is 129 Å². The molecule has 0 radical (unpaired) electrons. The van der Waals surface area contributed by atoms with E-state index in [1.54, 1.807) is 27.4 Å². The molecule has 2 rings (SSSR count). The van der Waals surface area contributed by atoms with E-state index in [4.69, 9.17) is 25.8 Å². The van der Waals surface area contributed by atoms with Crippen molar-refractivity contribution in [2.45, 2.75) is 6.54 Å². The Hall–Kier alpha value is -2.07. The van der Waals surface area contributed by atoms with Crippen molar-refractivity contribution in [3.63, 3.8) is 0 Å². The molecule has 21 heavy (non-hydrogen) atoms. The van der Waals surface area contributed by atoms with Crippen LogP contribution in [0.5, 0.6) is 17.2 Å². The van der Waals surface area contributed by atoms with Crippen LogP contribution in [0.2, 0.25) is 5.02 Å². The maximum Gasteiger partial charge on any atom is 0.162 e. The molecule has 4 nitrogen and oxygen atoms in total. The fraction of sp³-hybridized carbons (Fsp3) is 0.250. The summed E-state index contributed by atoms with van der Waals surface area (Å²) in [5, 5.41) is 4.00. The van der Waals surface area contributed by atoms with Gasteiger partial charge in [-0.1, -0.05) is 11.6 Å². The lowest BCUT2D eigenvalue weighted by Gasteiger charge is -2.13. The summed E-state index contributed by atoms with van der Waals surface area (Å²) in [4.78, 5) is 0. The molecule has 0 aliphatic carbocycles. The molecule has 112 valence electrons. The molecule has 0 bridgehead atoms. The molecule has 2 aromatic carbocycles. The van der Waals surface area contributed by atoms with Gasteiger partial charge in [0.1, 0.15) is 5.75 Å². The second-order valence-corrected chi connectivity index (χ2v) is 4.82. The monoisotopic (exact) mass is 307 g/mol. The van der Waals surface area contributed by atoms with Gasteiger partial charge in [0, 0.05) is 28.9 Å². The molecule has 0 heterocycles. The lowest BCUT2D eigenvalue weighted by molar-refractivity contribution is 0.355. The van der Waals surface area contributed by atoms with Gasteiger partial charge in [0.05, 0.1) is 21.3 Å². The molecule has 0 aliphatic heterocycles. The van der Waals surface area contributed by atoms with E-state index >= 15 is 0 Å². The summed E-state index contributed by atoms with van der Waals surface area (Å²) in [6.45, 7) is 0.596. The van der Waals surface area contributed by atoms with Gasteiger partial charge in [0.2, 0.25) is 0 Å². The molecule has 0 spiro atoms. The summed E-state index contributed by atoms with van der Waals surface area (Å²) in [5.74, 6) is 2.18. The second-order valence-electron chi connectivity index (χ2n) is 4.38. The zero-order valence-corrected chi connectivity index (χ0v) is 13.0. The third-order valence-corrected chi connectivity index (χ3v) is 3.34. The molecule has 0 unspecified atom stereocenters. The van der Waals surface area contributed by atoms with Crippen LogP contribution in [0.15, 0.2) is 36.4 Å². The largest absolute Gasteiger partial charge is 0.496 e. The van der Waals surface area contributed by atoms with Gasteiger partial charge in [0.15, 0.2) is 11.5 Å². The topological polar surface area (TPSA) is 39.7 Å². The number of hydrogen-bond acceptors (Lipinski definition) is 4. The van der Waals surface area contributed by atoms with Crippen molar-refractivity contribution in [1.29, 1.82) is 0 Å². The van der Waals surface area contributed by atoms with Crippen molar-refractivity contribution in [3.05, 3.63) is 47.0 Å². The van der Waals surface area contributed by atoms with Gasteiger partial charge in [-0.05, 0) is 30.3 Å². The van der Waals surface area contributed by atoms with E-state index in [-0.39, 0.29) is 0 Å². The molecule has 0 amide bonds. The maximum atomic E-state index is 6.02. The molecule has 0 aromatic heterocycles. The quantitative estimate of drug-likeness (QED) is 0.876. The third-order valence-electron chi connectivity index (χ3n) is 3.11. The van der Waals surface area contributed by atoms with Gasteiger partial charge in [0.25, 0.3) is 0 Å². The smallest absolute Gasteiger partial charge is 0.162 e. The highest BCUT2D eigenvalue weighted by Crippen LogP contribution is 2.30. The Morgan fingerprint density at radius 2 is 1.52 bits per heavy atom. The zero-order valence-electron chi connectivity index (χ0n) is 12.3. The van der Waals surface area contributed by atoms with Crippen LogP contribution >= 0.6 is 11.6 Å². The Morgan fingerprint density at radius 3 is 2.19 bits per heavy atom. The predicted molar refractivity (Wildman–Crippen MR) is 84.9 cm³/mol. The number of rotatable bonds is 6. The molecule has 0 saturated heterocycles.